The zero-order valence-electron chi connectivity index (χ0n) is 9.24. The summed E-state index contributed by atoms with van der Waals surface area (Å²) in [6.45, 7) is 2.77. The summed E-state index contributed by atoms with van der Waals surface area (Å²) < 4.78 is 30.3. The van der Waals surface area contributed by atoms with Gasteiger partial charge in [0.25, 0.3) is 0 Å². The molecule has 0 bridgehead atoms. The number of ether oxygens (including phenoxy) is 1. The zero-order valence-corrected chi connectivity index (χ0v) is 9.24. The summed E-state index contributed by atoms with van der Waals surface area (Å²) in [5, 5.41) is 0. The maximum atomic E-state index is 12.5. The van der Waals surface area contributed by atoms with E-state index in [-0.39, 0.29) is 6.61 Å². The Hall–Kier alpha value is -1.45. The van der Waals surface area contributed by atoms with Crippen LogP contribution in [0.2, 0.25) is 0 Å². The first-order valence-electron chi connectivity index (χ1n) is 4.92. The summed E-state index contributed by atoms with van der Waals surface area (Å²) in [4.78, 5) is 10.5. The number of hydrogen-bond donors (Lipinski definition) is 0. The van der Waals surface area contributed by atoms with E-state index >= 15 is 0 Å². The van der Waals surface area contributed by atoms with Gasteiger partial charge in [0, 0.05) is 5.56 Å². The molecule has 1 aromatic rings. The molecule has 16 heavy (non-hydrogen) atoms. The smallest absolute Gasteiger partial charge is 0.246 e. The van der Waals surface area contributed by atoms with Crippen LogP contribution in [0.5, 0.6) is 5.75 Å². The Morgan fingerprint density at radius 1 is 1.44 bits per heavy atom. The minimum atomic E-state index is -2.44. The molecule has 0 aliphatic rings. The van der Waals surface area contributed by atoms with Gasteiger partial charge in [0.05, 0.1) is 12.0 Å². The van der Waals surface area contributed by atoms with Crippen LogP contribution in [0.25, 0.3) is 0 Å². The Morgan fingerprint density at radius 2 is 2.12 bits per heavy atom. The van der Waals surface area contributed by atoms with Crippen LogP contribution in [-0.4, -0.2) is 19.3 Å². The minimum Gasteiger partial charge on any atom is -0.493 e. The third-order valence-electron chi connectivity index (χ3n) is 2.20. The van der Waals surface area contributed by atoms with Gasteiger partial charge in [-0.3, -0.25) is 4.79 Å². The van der Waals surface area contributed by atoms with Gasteiger partial charge in [0.1, 0.15) is 12.0 Å². The number of rotatable bonds is 5. The van der Waals surface area contributed by atoms with Crippen LogP contribution in [0, 0.1) is 5.41 Å². The maximum absolute atomic E-state index is 12.5. The Bertz CT molecular complexity index is 362. The van der Waals surface area contributed by atoms with Crippen LogP contribution in [-0.2, 0) is 0 Å². The highest BCUT2D eigenvalue weighted by atomic mass is 19.3. The summed E-state index contributed by atoms with van der Waals surface area (Å²) >= 11 is 0. The quantitative estimate of drug-likeness (QED) is 0.723. The molecule has 0 fully saturated rings. The first kappa shape index (κ1) is 12.6. The Kier molecular flexibility index (Phi) is 3.99. The van der Waals surface area contributed by atoms with Crippen molar-refractivity contribution < 1.29 is 18.3 Å². The molecule has 0 aliphatic carbocycles. The average Bonchev–Trinajstić information content (AvgIpc) is 2.26. The average molecular weight is 228 g/mol. The second-order valence-electron chi connectivity index (χ2n) is 4.27. The van der Waals surface area contributed by atoms with Crippen molar-refractivity contribution in [3.8, 4) is 5.75 Å². The summed E-state index contributed by atoms with van der Waals surface area (Å²) in [6, 6.07) is 6.43. The molecule has 0 heterocycles. The van der Waals surface area contributed by atoms with Crippen molar-refractivity contribution in [2.24, 2.45) is 5.41 Å². The van der Waals surface area contributed by atoms with E-state index in [0.29, 0.717) is 17.6 Å². The van der Waals surface area contributed by atoms with Crippen molar-refractivity contribution in [2.75, 3.05) is 6.61 Å². The molecule has 2 nitrogen and oxygen atoms in total. The summed E-state index contributed by atoms with van der Waals surface area (Å²) in [6.07, 6.45) is -1.76. The molecule has 0 unspecified atom stereocenters. The van der Waals surface area contributed by atoms with Crippen molar-refractivity contribution in [1.29, 1.82) is 0 Å². The van der Waals surface area contributed by atoms with E-state index < -0.39 is 11.8 Å². The Labute approximate surface area is 93.2 Å². The largest absolute Gasteiger partial charge is 0.493 e. The van der Waals surface area contributed by atoms with Crippen molar-refractivity contribution in [1.82, 2.24) is 0 Å². The van der Waals surface area contributed by atoms with E-state index in [9.17, 15) is 13.6 Å². The van der Waals surface area contributed by atoms with Crippen LogP contribution in [0.3, 0.4) is 0 Å². The molecule has 0 radical (unpaired) electrons. The third kappa shape index (κ3) is 3.29. The number of carbonyl (C=O) groups excluding carboxylic acids is 1. The fourth-order valence-electron chi connectivity index (χ4n) is 1.01. The lowest BCUT2D eigenvalue weighted by Crippen LogP contribution is -2.29. The molecule has 1 aromatic carbocycles. The zero-order chi connectivity index (χ0) is 12.2. The maximum Gasteiger partial charge on any atom is 0.246 e. The molecule has 0 saturated heterocycles. The number of alkyl halides is 2. The van der Waals surface area contributed by atoms with Crippen LogP contribution >= 0.6 is 0 Å². The number of aldehydes is 1. The minimum absolute atomic E-state index is 0.0903. The number of halogens is 2. The van der Waals surface area contributed by atoms with Gasteiger partial charge in [-0.25, -0.2) is 8.78 Å². The molecule has 0 aliphatic heterocycles. The monoisotopic (exact) mass is 228 g/mol. The van der Waals surface area contributed by atoms with Gasteiger partial charge in [0.15, 0.2) is 0 Å². The van der Waals surface area contributed by atoms with Crippen molar-refractivity contribution >= 4 is 6.29 Å². The van der Waals surface area contributed by atoms with E-state index in [0.717, 1.165) is 0 Å². The highest BCUT2D eigenvalue weighted by Gasteiger charge is 2.30. The van der Waals surface area contributed by atoms with Gasteiger partial charge in [-0.05, 0) is 12.1 Å². The number of carbonyl (C=O) groups is 1. The van der Waals surface area contributed by atoms with Gasteiger partial charge in [0.2, 0.25) is 6.43 Å². The molecule has 4 heteroatoms. The molecule has 0 atom stereocenters. The lowest BCUT2D eigenvalue weighted by molar-refractivity contribution is -0.0104. The van der Waals surface area contributed by atoms with Crippen molar-refractivity contribution in [2.45, 2.75) is 20.3 Å². The molecule has 0 saturated carbocycles. The molecular weight excluding hydrogens is 214 g/mol. The summed E-state index contributed by atoms with van der Waals surface area (Å²) in [5.74, 6) is 0.429. The number of hydrogen-bond acceptors (Lipinski definition) is 2. The molecule has 0 spiro atoms. The van der Waals surface area contributed by atoms with Crippen molar-refractivity contribution in [3.63, 3.8) is 0 Å². The highest BCUT2D eigenvalue weighted by molar-refractivity contribution is 5.75. The van der Waals surface area contributed by atoms with Gasteiger partial charge >= 0.3 is 0 Å². The van der Waals surface area contributed by atoms with Gasteiger partial charge in [-0.2, -0.15) is 0 Å². The summed E-state index contributed by atoms with van der Waals surface area (Å²) in [5.41, 5.74) is -0.732. The second-order valence-corrected chi connectivity index (χ2v) is 4.27. The normalized spacial score (nSPS) is 11.6. The first-order chi connectivity index (χ1) is 7.45. The van der Waals surface area contributed by atoms with Crippen LogP contribution in [0.1, 0.15) is 24.2 Å². The molecule has 0 amide bonds. The Morgan fingerprint density at radius 3 is 2.69 bits per heavy atom. The molecule has 88 valence electrons. The van der Waals surface area contributed by atoms with Crippen LogP contribution in [0.4, 0.5) is 8.78 Å². The van der Waals surface area contributed by atoms with E-state index in [1.54, 1.807) is 18.2 Å². The van der Waals surface area contributed by atoms with E-state index in [1.807, 2.05) is 0 Å². The standard InChI is InChI=1S/C12H14F2O2/c1-12(2,11(13)14)8-16-10-5-3-4-9(6-10)7-15/h3-7,11H,8H2,1-2H3. The lowest BCUT2D eigenvalue weighted by Gasteiger charge is -2.23. The van der Waals surface area contributed by atoms with Gasteiger partial charge in [-0.1, -0.05) is 26.0 Å². The molecule has 0 aromatic heterocycles. The first-order valence-corrected chi connectivity index (χ1v) is 4.92. The molecular formula is C12H14F2O2. The third-order valence-corrected chi connectivity index (χ3v) is 2.20. The SMILES string of the molecule is CC(C)(COc1cccc(C=O)c1)C(F)F. The van der Waals surface area contributed by atoms with E-state index in [2.05, 4.69) is 0 Å². The number of benzene rings is 1. The van der Waals surface area contributed by atoms with Gasteiger partial charge in [-0.15, -0.1) is 0 Å². The Balaban J connectivity index is 2.64. The van der Waals surface area contributed by atoms with Crippen molar-refractivity contribution in [3.05, 3.63) is 29.8 Å². The fraction of sp³-hybridized carbons (Fsp3) is 0.417. The van der Waals surface area contributed by atoms with Crippen LogP contribution in [0.15, 0.2) is 24.3 Å². The lowest BCUT2D eigenvalue weighted by atomic mass is 9.96. The summed E-state index contributed by atoms with van der Waals surface area (Å²) in [7, 11) is 0. The van der Waals surface area contributed by atoms with Crippen LogP contribution < -0.4 is 4.74 Å². The predicted molar refractivity (Wildman–Crippen MR) is 57.1 cm³/mol. The predicted octanol–water partition coefficient (Wildman–Crippen LogP) is 3.17. The van der Waals surface area contributed by atoms with E-state index in [1.165, 1.54) is 19.9 Å². The van der Waals surface area contributed by atoms with E-state index in [4.69, 9.17) is 4.74 Å². The second kappa shape index (κ2) is 5.05. The molecule has 0 N–H and O–H groups in total. The topological polar surface area (TPSA) is 26.3 Å². The van der Waals surface area contributed by atoms with Gasteiger partial charge < -0.3 is 4.74 Å². The molecule has 1 rings (SSSR count). The fourth-order valence-corrected chi connectivity index (χ4v) is 1.01. The highest BCUT2D eigenvalue weighted by Crippen LogP contribution is 2.26.